The summed E-state index contributed by atoms with van der Waals surface area (Å²) in [5, 5.41) is 3.37. The highest BCUT2D eigenvalue weighted by atomic mass is 16.5. The van der Waals surface area contributed by atoms with Crippen molar-refractivity contribution >= 4 is 11.0 Å². The molecule has 0 radical (unpaired) electrons. The van der Waals surface area contributed by atoms with Gasteiger partial charge in [0.2, 0.25) is 0 Å². The van der Waals surface area contributed by atoms with Crippen molar-refractivity contribution in [1.29, 1.82) is 0 Å². The van der Waals surface area contributed by atoms with Crippen molar-refractivity contribution in [3.8, 4) is 5.75 Å². The number of aromatic nitrogens is 2. The maximum absolute atomic E-state index is 5.18. The lowest BCUT2D eigenvalue weighted by Gasteiger charge is -2.04. The van der Waals surface area contributed by atoms with E-state index in [2.05, 4.69) is 29.1 Å². The molecule has 17 heavy (non-hydrogen) atoms. The van der Waals surface area contributed by atoms with Gasteiger partial charge in [0, 0.05) is 6.07 Å². The molecule has 0 unspecified atom stereocenters. The summed E-state index contributed by atoms with van der Waals surface area (Å²) in [6.45, 7) is 6.16. The lowest BCUT2D eigenvalue weighted by Crippen LogP contribution is -2.19. The Bertz CT molecular complexity index is 490. The summed E-state index contributed by atoms with van der Waals surface area (Å²) >= 11 is 0. The lowest BCUT2D eigenvalue weighted by atomic mass is 10.2. The first-order valence-corrected chi connectivity index (χ1v) is 5.92. The first kappa shape index (κ1) is 11.9. The average Bonchev–Trinajstić information content (AvgIpc) is 2.69. The molecule has 0 saturated carbocycles. The predicted octanol–water partition coefficient (Wildman–Crippen LogP) is 2.32. The monoisotopic (exact) mass is 233 g/mol. The molecule has 0 aliphatic rings. The van der Waals surface area contributed by atoms with Crippen molar-refractivity contribution in [3.05, 3.63) is 24.0 Å². The van der Waals surface area contributed by atoms with E-state index < -0.39 is 0 Å². The molecule has 0 bridgehead atoms. The second kappa shape index (κ2) is 5.19. The Morgan fingerprint density at radius 2 is 2.24 bits per heavy atom. The fourth-order valence-electron chi connectivity index (χ4n) is 1.73. The number of aromatic amines is 1. The third-order valence-electron chi connectivity index (χ3n) is 2.58. The molecule has 92 valence electrons. The number of imidazole rings is 1. The fraction of sp³-hybridized carbons (Fsp3) is 0.462. The second-order valence-corrected chi connectivity index (χ2v) is 4.59. The number of benzene rings is 1. The van der Waals surface area contributed by atoms with Crippen molar-refractivity contribution in [2.75, 3.05) is 13.7 Å². The van der Waals surface area contributed by atoms with Gasteiger partial charge in [-0.3, -0.25) is 0 Å². The van der Waals surface area contributed by atoms with Crippen molar-refractivity contribution in [1.82, 2.24) is 15.3 Å². The molecule has 0 spiro atoms. The summed E-state index contributed by atoms with van der Waals surface area (Å²) in [7, 11) is 1.67. The van der Waals surface area contributed by atoms with Crippen molar-refractivity contribution in [2.45, 2.75) is 20.4 Å². The fourth-order valence-corrected chi connectivity index (χ4v) is 1.73. The molecule has 1 aromatic heterocycles. The van der Waals surface area contributed by atoms with Crippen LogP contribution in [0.2, 0.25) is 0 Å². The zero-order valence-electron chi connectivity index (χ0n) is 10.6. The van der Waals surface area contributed by atoms with Gasteiger partial charge in [-0.2, -0.15) is 0 Å². The number of nitrogens with zero attached hydrogens (tertiary/aromatic N) is 1. The molecule has 0 saturated heterocycles. The topological polar surface area (TPSA) is 49.9 Å². The number of hydrogen-bond donors (Lipinski definition) is 2. The Balaban J connectivity index is 2.09. The van der Waals surface area contributed by atoms with Gasteiger partial charge in [-0.05, 0) is 24.6 Å². The molecule has 1 aromatic carbocycles. The minimum Gasteiger partial charge on any atom is -0.497 e. The summed E-state index contributed by atoms with van der Waals surface area (Å²) in [6, 6.07) is 5.86. The highest BCUT2D eigenvalue weighted by Crippen LogP contribution is 2.18. The van der Waals surface area contributed by atoms with Crippen molar-refractivity contribution in [3.63, 3.8) is 0 Å². The van der Waals surface area contributed by atoms with Gasteiger partial charge in [-0.1, -0.05) is 13.8 Å². The minimum absolute atomic E-state index is 0.652. The summed E-state index contributed by atoms with van der Waals surface area (Å²) < 4.78 is 5.18. The summed E-state index contributed by atoms with van der Waals surface area (Å²) in [6.07, 6.45) is 0. The summed E-state index contributed by atoms with van der Waals surface area (Å²) in [5.74, 6) is 2.47. The summed E-state index contributed by atoms with van der Waals surface area (Å²) in [5.41, 5.74) is 2.00. The van der Waals surface area contributed by atoms with Crippen LogP contribution in [-0.2, 0) is 6.54 Å². The number of ether oxygens (including phenoxy) is 1. The molecule has 0 aliphatic carbocycles. The normalized spacial score (nSPS) is 11.3. The van der Waals surface area contributed by atoms with Crippen LogP contribution in [0.1, 0.15) is 19.7 Å². The van der Waals surface area contributed by atoms with Crippen LogP contribution in [0, 0.1) is 5.92 Å². The minimum atomic E-state index is 0.652. The van der Waals surface area contributed by atoms with E-state index in [-0.39, 0.29) is 0 Å². The Hall–Kier alpha value is -1.55. The molecule has 0 atom stereocenters. The van der Waals surface area contributed by atoms with E-state index in [0.717, 1.165) is 35.7 Å². The average molecular weight is 233 g/mol. The zero-order chi connectivity index (χ0) is 12.3. The predicted molar refractivity (Wildman–Crippen MR) is 69.2 cm³/mol. The van der Waals surface area contributed by atoms with Crippen LogP contribution in [0.15, 0.2) is 18.2 Å². The van der Waals surface area contributed by atoms with Gasteiger partial charge >= 0.3 is 0 Å². The van der Waals surface area contributed by atoms with Gasteiger partial charge < -0.3 is 15.0 Å². The molecule has 2 N–H and O–H groups in total. The first-order valence-electron chi connectivity index (χ1n) is 5.92. The van der Waals surface area contributed by atoms with E-state index in [9.17, 15) is 0 Å². The van der Waals surface area contributed by atoms with Crippen LogP contribution in [0.4, 0.5) is 0 Å². The van der Waals surface area contributed by atoms with Gasteiger partial charge in [0.25, 0.3) is 0 Å². The Morgan fingerprint density at radius 3 is 2.94 bits per heavy atom. The van der Waals surface area contributed by atoms with Gasteiger partial charge in [0.05, 0.1) is 24.7 Å². The molecule has 2 rings (SSSR count). The molecular formula is C13H19N3O. The lowest BCUT2D eigenvalue weighted by molar-refractivity contribution is 0.415. The summed E-state index contributed by atoms with van der Waals surface area (Å²) in [4.78, 5) is 7.80. The molecule has 2 aromatic rings. The molecule has 0 fully saturated rings. The van der Waals surface area contributed by atoms with Crippen LogP contribution < -0.4 is 10.1 Å². The third kappa shape index (κ3) is 2.97. The largest absolute Gasteiger partial charge is 0.497 e. The first-order chi connectivity index (χ1) is 8.19. The quantitative estimate of drug-likeness (QED) is 0.833. The number of rotatable bonds is 5. The van der Waals surface area contributed by atoms with E-state index >= 15 is 0 Å². The van der Waals surface area contributed by atoms with Crippen LogP contribution in [0.3, 0.4) is 0 Å². The van der Waals surface area contributed by atoms with Gasteiger partial charge in [0.15, 0.2) is 0 Å². The molecule has 0 amide bonds. The van der Waals surface area contributed by atoms with Gasteiger partial charge in [-0.25, -0.2) is 4.98 Å². The van der Waals surface area contributed by atoms with E-state index in [0.29, 0.717) is 5.92 Å². The van der Waals surface area contributed by atoms with E-state index in [1.807, 2.05) is 18.2 Å². The third-order valence-corrected chi connectivity index (χ3v) is 2.58. The molecule has 0 aliphatic heterocycles. The van der Waals surface area contributed by atoms with E-state index in [1.54, 1.807) is 7.11 Å². The van der Waals surface area contributed by atoms with E-state index in [1.165, 1.54) is 0 Å². The van der Waals surface area contributed by atoms with Crippen molar-refractivity contribution < 1.29 is 4.74 Å². The number of hydrogen-bond acceptors (Lipinski definition) is 3. The molecule has 1 heterocycles. The number of nitrogens with one attached hydrogen (secondary N) is 2. The van der Waals surface area contributed by atoms with Crippen LogP contribution >= 0.6 is 0 Å². The highest BCUT2D eigenvalue weighted by Gasteiger charge is 2.03. The zero-order valence-corrected chi connectivity index (χ0v) is 10.6. The Labute approximate surface area is 101 Å². The maximum atomic E-state index is 5.18. The Kier molecular flexibility index (Phi) is 3.64. The molecular weight excluding hydrogens is 214 g/mol. The number of H-pyrrole nitrogens is 1. The maximum Gasteiger partial charge on any atom is 0.121 e. The highest BCUT2D eigenvalue weighted by molar-refractivity contribution is 5.76. The molecule has 4 nitrogen and oxygen atoms in total. The second-order valence-electron chi connectivity index (χ2n) is 4.59. The van der Waals surface area contributed by atoms with Crippen LogP contribution in [0.5, 0.6) is 5.75 Å². The smallest absolute Gasteiger partial charge is 0.121 e. The van der Waals surface area contributed by atoms with E-state index in [4.69, 9.17) is 4.74 Å². The number of methoxy groups -OCH3 is 1. The van der Waals surface area contributed by atoms with Gasteiger partial charge in [-0.15, -0.1) is 0 Å². The van der Waals surface area contributed by atoms with Crippen LogP contribution in [0.25, 0.3) is 11.0 Å². The van der Waals surface area contributed by atoms with Crippen molar-refractivity contribution in [2.24, 2.45) is 5.92 Å². The Morgan fingerprint density at radius 1 is 1.41 bits per heavy atom. The standard InChI is InChI=1S/C13H19N3O/c1-9(2)7-14-8-13-15-11-5-4-10(17-3)6-12(11)16-13/h4-6,9,14H,7-8H2,1-3H3,(H,15,16). The van der Waals surface area contributed by atoms with Gasteiger partial charge in [0.1, 0.15) is 11.6 Å². The van der Waals surface area contributed by atoms with Crippen LogP contribution in [-0.4, -0.2) is 23.6 Å². The number of fused-ring (bicyclic) bond motifs is 1. The SMILES string of the molecule is COc1ccc2nc(CNCC(C)C)[nH]c2c1. The molecule has 4 heteroatoms.